The van der Waals surface area contributed by atoms with Crippen LogP contribution < -0.4 is 5.73 Å². The van der Waals surface area contributed by atoms with Crippen molar-refractivity contribution >= 4 is 27.6 Å². The molecule has 0 bridgehead atoms. The second-order valence-electron chi connectivity index (χ2n) is 7.95. The molecule has 1 aliphatic rings. The average Bonchev–Trinajstić information content (AvgIpc) is 3.63. The molecule has 172 valence electrons. The zero-order valence-electron chi connectivity index (χ0n) is 17.8. The van der Waals surface area contributed by atoms with E-state index in [2.05, 4.69) is 9.98 Å². The maximum atomic E-state index is 12.8. The largest absolute Gasteiger partial charge is 0.416 e. The molecule has 0 saturated heterocycles. The predicted molar refractivity (Wildman–Crippen MR) is 122 cm³/mol. The van der Waals surface area contributed by atoms with Crippen molar-refractivity contribution in [1.29, 1.82) is 0 Å². The monoisotopic (exact) mass is 473 g/mol. The summed E-state index contributed by atoms with van der Waals surface area (Å²) in [7, 11) is -3.67. The molecule has 2 aromatic carbocycles. The minimum atomic E-state index is -4.51. The van der Waals surface area contributed by atoms with E-state index in [1.54, 1.807) is 0 Å². The van der Waals surface area contributed by atoms with Gasteiger partial charge in [0.2, 0.25) is 0 Å². The smallest absolute Gasteiger partial charge is 0.398 e. The van der Waals surface area contributed by atoms with Crippen molar-refractivity contribution in [2.75, 3.05) is 11.5 Å². The van der Waals surface area contributed by atoms with E-state index in [-0.39, 0.29) is 27.7 Å². The highest BCUT2D eigenvalue weighted by molar-refractivity contribution is 7.91. The van der Waals surface area contributed by atoms with Crippen molar-refractivity contribution in [3.8, 4) is 11.1 Å². The second-order valence-corrected chi connectivity index (χ2v) is 10.2. The zero-order valence-corrected chi connectivity index (χ0v) is 18.6. The van der Waals surface area contributed by atoms with Crippen LogP contribution in [0.1, 0.15) is 42.4 Å². The minimum absolute atomic E-state index is 0.0458. The number of nitrogens with zero attached hydrogens (tertiary/aromatic N) is 2. The fourth-order valence-corrected chi connectivity index (χ4v) is 4.44. The summed E-state index contributed by atoms with van der Waals surface area (Å²) in [6.45, 7) is 1.52. The molecule has 1 fully saturated rings. The van der Waals surface area contributed by atoms with Crippen LogP contribution in [0.4, 0.5) is 24.7 Å². The van der Waals surface area contributed by atoms with Crippen LogP contribution in [0.5, 0.6) is 0 Å². The van der Waals surface area contributed by atoms with Gasteiger partial charge >= 0.3 is 6.18 Å². The molecule has 0 aliphatic heterocycles. The van der Waals surface area contributed by atoms with Crippen molar-refractivity contribution in [2.24, 2.45) is 4.99 Å². The number of aromatic nitrogens is 1. The van der Waals surface area contributed by atoms with Crippen LogP contribution in [0.25, 0.3) is 11.1 Å². The summed E-state index contributed by atoms with van der Waals surface area (Å²) < 4.78 is 64.0. The molecule has 3 aromatic rings. The number of nitrogens with two attached hydrogens (primary N) is 1. The van der Waals surface area contributed by atoms with Gasteiger partial charge in [-0.05, 0) is 48.1 Å². The summed E-state index contributed by atoms with van der Waals surface area (Å²) in [5.74, 6) is 0.418. The minimum Gasteiger partial charge on any atom is -0.398 e. The summed E-state index contributed by atoms with van der Waals surface area (Å²) in [5, 5.41) is 0. The molecule has 0 unspecified atom stereocenters. The van der Waals surface area contributed by atoms with Crippen LogP contribution >= 0.6 is 0 Å². The first kappa shape index (κ1) is 23.0. The number of hydrogen-bond donors (Lipinski definition) is 1. The number of alkyl halides is 3. The predicted octanol–water partition coefficient (Wildman–Crippen LogP) is 5.77. The number of halogens is 3. The Kier molecular flexibility index (Phi) is 6.00. The molecule has 2 N–H and O–H groups in total. The van der Waals surface area contributed by atoms with Crippen LogP contribution in [0.2, 0.25) is 0 Å². The Labute approximate surface area is 190 Å². The molecule has 0 spiro atoms. The van der Waals surface area contributed by atoms with Crippen molar-refractivity contribution < 1.29 is 21.6 Å². The molecular weight excluding hydrogens is 451 g/mol. The third kappa shape index (κ3) is 5.08. The van der Waals surface area contributed by atoms with Gasteiger partial charge in [-0.2, -0.15) is 13.2 Å². The number of rotatable bonds is 6. The Hall–Kier alpha value is -3.20. The van der Waals surface area contributed by atoms with E-state index in [9.17, 15) is 21.6 Å². The normalized spacial score (nSPS) is 14.7. The zero-order chi connectivity index (χ0) is 23.8. The summed E-state index contributed by atoms with van der Waals surface area (Å²) in [4.78, 5) is 8.34. The number of nitrogen functional groups attached to an aromatic ring is 1. The first-order chi connectivity index (χ1) is 15.6. The number of sulfone groups is 1. The SMILES string of the molecule is CCS(=O)(=O)c1cc(-c2ccc(C3CC3)cc2)cnc1/N=C/c1ccc(C(F)(F)F)cc1N. The van der Waals surface area contributed by atoms with E-state index in [1.165, 1.54) is 49.9 Å². The second kappa shape index (κ2) is 8.62. The quantitative estimate of drug-likeness (QED) is 0.364. The molecule has 5 nitrogen and oxygen atoms in total. The van der Waals surface area contributed by atoms with E-state index in [0.717, 1.165) is 17.7 Å². The summed E-state index contributed by atoms with van der Waals surface area (Å²) >= 11 is 0. The number of anilines is 1. The van der Waals surface area contributed by atoms with Gasteiger partial charge in [-0.25, -0.2) is 18.4 Å². The molecule has 0 radical (unpaired) electrons. The molecule has 0 atom stereocenters. The molecular formula is C24H22F3N3O2S. The average molecular weight is 474 g/mol. The molecule has 33 heavy (non-hydrogen) atoms. The number of hydrogen-bond acceptors (Lipinski definition) is 5. The standard InChI is InChI=1S/C24H22F3N3O2S/c1-2-33(31,32)22-11-19(17-7-5-16(6-8-17)15-3-4-15)14-30-23(22)29-13-18-9-10-20(12-21(18)28)24(25,26)27/h5-15H,2-4,28H2,1H3/b29-13+. The van der Waals surface area contributed by atoms with Crippen LogP contribution in [0.15, 0.2) is 64.6 Å². The van der Waals surface area contributed by atoms with Gasteiger partial charge in [-0.15, -0.1) is 0 Å². The van der Waals surface area contributed by atoms with Gasteiger partial charge < -0.3 is 5.73 Å². The maximum absolute atomic E-state index is 12.8. The first-order valence-corrected chi connectivity index (χ1v) is 12.1. The molecule has 9 heteroatoms. The molecule has 4 rings (SSSR count). The lowest BCUT2D eigenvalue weighted by atomic mass is 10.0. The van der Waals surface area contributed by atoms with Gasteiger partial charge in [0.1, 0.15) is 4.90 Å². The van der Waals surface area contributed by atoms with E-state index < -0.39 is 21.6 Å². The van der Waals surface area contributed by atoms with Gasteiger partial charge in [0, 0.05) is 29.2 Å². The third-order valence-corrected chi connectivity index (χ3v) is 7.31. The van der Waals surface area contributed by atoms with Gasteiger partial charge in [0.05, 0.1) is 11.3 Å². The molecule has 1 aromatic heterocycles. The Balaban J connectivity index is 1.69. The summed E-state index contributed by atoms with van der Waals surface area (Å²) in [5.41, 5.74) is 7.71. The van der Waals surface area contributed by atoms with Crippen molar-refractivity contribution in [2.45, 2.75) is 36.8 Å². The molecule has 0 amide bonds. The van der Waals surface area contributed by atoms with E-state index >= 15 is 0 Å². The van der Waals surface area contributed by atoms with E-state index in [1.807, 2.05) is 24.3 Å². The first-order valence-electron chi connectivity index (χ1n) is 10.4. The van der Waals surface area contributed by atoms with Crippen LogP contribution in [-0.4, -0.2) is 25.4 Å². The fourth-order valence-electron chi connectivity index (χ4n) is 3.44. The van der Waals surface area contributed by atoms with E-state index in [4.69, 9.17) is 5.73 Å². The maximum Gasteiger partial charge on any atom is 0.416 e. The summed E-state index contributed by atoms with van der Waals surface area (Å²) in [6.07, 6.45) is 0.618. The Bertz CT molecular complexity index is 1310. The van der Waals surface area contributed by atoms with Crippen LogP contribution in [0.3, 0.4) is 0 Å². The Morgan fingerprint density at radius 1 is 1.09 bits per heavy atom. The van der Waals surface area contributed by atoms with Crippen molar-refractivity contribution in [3.63, 3.8) is 0 Å². The van der Waals surface area contributed by atoms with Gasteiger partial charge in [-0.1, -0.05) is 37.3 Å². The lowest BCUT2D eigenvalue weighted by Gasteiger charge is -2.10. The van der Waals surface area contributed by atoms with Crippen molar-refractivity contribution in [3.05, 3.63) is 71.4 Å². The molecule has 1 saturated carbocycles. The molecule has 1 aliphatic carbocycles. The Morgan fingerprint density at radius 3 is 2.36 bits per heavy atom. The van der Waals surface area contributed by atoms with Crippen LogP contribution in [0, 0.1) is 0 Å². The van der Waals surface area contributed by atoms with Gasteiger partial charge in [0.25, 0.3) is 0 Å². The fraction of sp³-hybridized carbons (Fsp3) is 0.250. The lowest BCUT2D eigenvalue weighted by Crippen LogP contribution is -2.07. The molecule has 1 heterocycles. The van der Waals surface area contributed by atoms with Gasteiger partial charge in [-0.3, -0.25) is 0 Å². The highest BCUT2D eigenvalue weighted by Crippen LogP contribution is 2.40. The van der Waals surface area contributed by atoms with Crippen molar-refractivity contribution in [1.82, 2.24) is 4.98 Å². The lowest BCUT2D eigenvalue weighted by molar-refractivity contribution is -0.137. The third-order valence-electron chi connectivity index (χ3n) is 5.58. The van der Waals surface area contributed by atoms with Gasteiger partial charge in [0.15, 0.2) is 15.7 Å². The number of pyridine rings is 1. The Morgan fingerprint density at radius 2 is 1.79 bits per heavy atom. The highest BCUT2D eigenvalue weighted by Gasteiger charge is 2.30. The summed E-state index contributed by atoms with van der Waals surface area (Å²) in [6, 6.07) is 12.4. The van der Waals surface area contributed by atoms with Crippen LogP contribution in [-0.2, 0) is 16.0 Å². The number of benzene rings is 2. The van der Waals surface area contributed by atoms with E-state index in [0.29, 0.717) is 11.5 Å². The highest BCUT2D eigenvalue weighted by atomic mass is 32.2. The topological polar surface area (TPSA) is 85.4 Å². The number of aliphatic imine (C=N–C) groups is 1.